The minimum absolute atomic E-state index is 0.132. The van der Waals surface area contributed by atoms with Gasteiger partial charge in [0.05, 0.1) is 11.0 Å². The van der Waals surface area contributed by atoms with Gasteiger partial charge < -0.3 is 10.6 Å². The van der Waals surface area contributed by atoms with Crippen molar-refractivity contribution >= 4 is 17.5 Å². The number of rotatable bonds is 8. The van der Waals surface area contributed by atoms with E-state index in [0.29, 0.717) is 5.92 Å². The molecule has 2 atom stereocenters. The Balaban J connectivity index is 1.95. The molecule has 7 nitrogen and oxygen atoms in total. The van der Waals surface area contributed by atoms with Gasteiger partial charge in [-0.15, -0.1) is 0 Å². The molecule has 0 aliphatic heterocycles. The van der Waals surface area contributed by atoms with Crippen molar-refractivity contribution in [3.8, 4) is 0 Å². The second kappa shape index (κ2) is 9.82. The van der Waals surface area contributed by atoms with Gasteiger partial charge in [-0.1, -0.05) is 44.2 Å². The van der Waals surface area contributed by atoms with E-state index in [0.717, 1.165) is 12.0 Å². The number of nitro benzene ring substituents is 1. The third kappa shape index (κ3) is 6.41. The molecule has 2 N–H and O–H groups in total. The Hall–Kier alpha value is -3.22. The molecule has 2 amide bonds. The van der Waals surface area contributed by atoms with E-state index in [9.17, 15) is 19.7 Å². The zero-order valence-electron chi connectivity index (χ0n) is 17.1. The summed E-state index contributed by atoms with van der Waals surface area (Å²) in [4.78, 5) is 35.0. The smallest absolute Gasteiger partial charge is 0.270 e. The van der Waals surface area contributed by atoms with Crippen molar-refractivity contribution in [2.24, 2.45) is 5.92 Å². The van der Waals surface area contributed by atoms with Crippen LogP contribution in [-0.4, -0.2) is 22.8 Å². The van der Waals surface area contributed by atoms with Gasteiger partial charge in [0.1, 0.15) is 6.04 Å². The largest absolute Gasteiger partial charge is 0.348 e. The number of hydrogen-bond donors (Lipinski definition) is 2. The molecule has 0 saturated heterocycles. The number of nitrogens with one attached hydrogen (secondary N) is 2. The maximum atomic E-state index is 12.4. The molecule has 7 heteroatoms. The number of carbonyl (C=O) groups is 2. The van der Waals surface area contributed by atoms with Crippen LogP contribution in [0.15, 0.2) is 48.5 Å². The van der Waals surface area contributed by atoms with Gasteiger partial charge >= 0.3 is 0 Å². The van der Waals surface area contributed by atoms with Crippen LogP contribution in [0.4, 0.5) is 5.69 Å². The molecule has 0 aliphatic carbocycles. The summed E-state index contributed by atoms with van der Waals surface area (Å²) in [5.74, 6) is -0.293. The van der Waals surface area contributed by atoms with Crippen molar-refractivity contribution in [2.45, 2.75) is 46.2 Å². The highest BCUT2D eigenvalue weighted by Gasteiger charge is 2.20. The molecule has 0 aromatic heterocycles. The molecule has 154 valence electrons. The number of nitrogens with zero attached hydrogens (tertiary/aromatic N) is 1. The Morgan fingerprint density at radius 2 is 1.66 bits per heavy atom. The Bertz CT molecular complexity index is 878. The van der Waals surface area contributed by atoms with E-state index in [4.69, 9.17) is 0 Å². The third-order valence-electron chi connectivity index (χ3n) is 4.54. The number of carbonyl (C=O) groups excluding carboxylic acids is 2. The van der Waals surface area contributed by atoms with Crippen LogP contribution >= 0.6 is 0 Å². The van der Waals surface area contributed by atoms with E-state index in [1.54, 1.807) is 6.92 Å². The van der Waals surface area contributed by atoms with E-state index in [2.05, 4.69) is 36.6 Å². The highest BCUT2D eigenvalue weighted by molar-refractivity contribution is 5.97. The molecule has 29 heavy (non-hydrogen) atoms. The summed E-state index contributed by atoms with van der Waals surface area (Å²) in [5, 5.41) is 16.3. The number of hydrogen-bond acceptors (Lipinski definition) is 4. The van der Waals surface area contributed by atoms with Gasteiger partial charge in [-0.05, 0) is 43.4 Å². The minimum Gasteiger partial charge on any atom is -0.348 e. The van der Waals surface area contributed by atoms with Gasteiger partial charge in [0.25, 0.3) is 11.6 Å². The average molecular weight is 397 g/mol. The van der Waals surface area contributed by atoms with Crippen LogP contribution in [0.1, 0.15) is 55.2 Å². The van der Waals surface area contributed by atoms with Crippen LogP contribution in [0.2, 0.25) is 0 Å². The maximum absolute atomic E-state index is 12.4. The monoisotopic (exact) mass is 397 g/mol. The van der Waals surface area contributed by atoms with Gasteiger partial charge in [0, 0.05) is 17.7 Å². The fraction of sp³-hybridized carbons (Fsp3) is 0.364. The summed E-state index contributed by atoms with van der Waals surface area (Å²) in [6, 6.07) is 12.5. The van der Waals surface area contributed by atoms with E-state index in [1.807, 2.05) is 19.1 Å². The van der Waals surface area contributed by atoms with Gasteiger partial charge in [-0.2, -0.15) is 0 Å². The highest BCUT2D eigenvalue weighted by atomic mass is 16.6. The molecule has 0 bridgehead atoms. The summed E-state index contributed by atoms with van der Waals surface area (Å²) >= 11 is 0. The maximum Gasteiger partial charge on any atom is 0.270 e. The second-order valence-corrected chi connectivity index (χ2v) is 7.57. The topological polar surface area (TPSA) is 101 Å². The van der Waals surface area contributed by atoms with Gasteiger partial charge in [0.15, 0.2) is 0 Å². The lowest BCUT2D eigenvalue weighted by Crippen LogP contribution is -2.45. The summed E-state index contributed by atoms with van der Waals surface area (Å²) in [7, 11) is 0. The summed E-state index contributed by atoms with van der Waals surface area (Å²) in [5.41, 5.74) is 2.18. The first-order valence-corrected chi connectivity index (χ1v) is 9.62. The van der Waals surface area contributed by atoms with Crippen molar-refractivity contribution in [1.29, 1.82) is 0 Å². The van der Waals surface area contributed by atoms with Crippen molar-refractivity contribution < 1.29 is 14.5 Å². The number of non-ortho nitro benzene ring substituents is 1. The number of nitro groups is 1. The predicted molar refractivity (Wildman–Crippen MR) is 112 cm³/mol. The molecule has 2 aromatic carbocycles. The molecule has 2 rings (SSSR count). The number of amides is 2. The Morgan fingerprint density at radius 3 is 2.24 bits per heavy atom. The van der Waals surface area contributed by atoms with Crippen LogP contribution < -0.4 is 10.6 Å². The lowest BCUT2D eigenvalue weighted by atomic mass is 10.00. The van der Waals surface area contributed by atoms with Crippen LogP contribution in [0, 0.1) is 16.0 Å². The van der Waals surface area contributed by atoms with Crippen LogP contribution in [0.5, 0.6) is 0 Å². The second-order valence-electron chi connectivity index (χ2n) is 7.57. The zero-order chi connectivity index (χ0) is 21.6. The molecule has 0 heterocycles. The molecule has 2 unspecified atom stereocenters. The van der Waals surface area contributed by atoms with Gasteiger partial charge in [-0.25, -0.2) is 0 Å². The summed E-state index contributed by atoms with van der Waals surface area (Å²) in [6.07, 6.45) is 1.00. The normalized spacial score (nSPS) is 12.9. The van der Waals surface area contributed by atoms with Gasteiger partial charge in [0.2, 0.25) is 5.91 Å². The summed E-state index contributed by atoms with van der Waals surface area (Å²) < 4.78 is 0. The van der Waals surface area contributed by atoms with E-state index < -0.39 is 16.9 Å². The molecule has 0 spiro atoms. The van der Waals surface area contributed by atoms with Crippen molar-refractivity contribution in [3.05, 3.63) is 75.3 Å². The highest BCUT2D eigenvalue weighted by Crippen LogP contribution is 2.16. The fourth-order valence-electron chi connectivity index (χ4n) is 2.94. The Kier molecular flexibility index (Phi) is 7.47. The first-order valence-electron chi connectivity index (χ1n) is 9.62. The van der Waals surface area contributed by atoms with Crippen molar-refractivity contribution in [1.82, 2.24) is 10.6 Å². The van der Waals surface area contributed by atoms with Crippen molar-refractivity contribution in [3.63, 3.8) is 0 Å². The van der Waals surface area contributed by atoms with Crippen LogP contribution in [0.3, 0.4) is 0 Å². The lowest BCUT2D eigenvalue weighted by Gasteiger charge is -2.19. The molecule has 0 radical (unpaired) electrons. The molecule has 2 aromatic rings. The zero-order valence-corrected chi connectivity index (χ0v) is 17.1. The van der Waals surface area contributed by atoms with Crippen LogP contribution in [-0.2, 0) is 11.2 Å². The molecule has 0 aliphatic rings. The third-order valence-corrected chi connectivity index (χ3v) is 4.54. The molecular formula is C22H27N3O4. The van der Waals surface area contributed by atoms with Gasteiger partial charge in [-0.3, -0.25) is 19.7 Å². The van der Waals surface area contributed by atoms with Crippen molar-refractivity contribution in [2.75, 3.05) is 0 Å². The Labute approximate surface area is 170 Å². The SMILES string of the molecule is CC(C)Cc1ccc(C(C)NC(=O)C(C)NC(=O)c2cccc([N+](=O)[O-])c2)cc1. The first kappa shape index (κ1) is 22.1. The number of benzene rings is 2. The van der Waals surface area contributed by atoms with E-state index in [-0.39, 0.29) is 23.2 Å². The molecule has 0 fully saturated rings. The fourth-order valence-corrected chi connectivity index (χ4v) is 2.94. The average Bonchev–Trinajstić information content (AvgIpc) is 2.67. The Morgan fingerprint density at radius 1 is 1.00 bits per heavy atom. The lowest BCUT2D eigenvalue weighted by molar-refractivity contribution is -0.384. The van der Waals surface area contributed by atoms with Crippen LogP contribution in [0.25, 0.3) is 0 Å². The minimum atomic E-state index is -0.788. The predicted octanol–water partition coefficient (Wildman–Crippen LogP) is 3.79. The summed E-state index contributed by atoms with van der Waals surface area (Å²) in [6.45, 7) is 7.79. The molecular weight excluding hydrogens is 370 g/mol. The standard InChI is InChI=1S/C22H27N3O4/c1-14(2)12-17-8-10-18(11-9-17)15(3)23-21(26)16(4)24-22(27)19-6-5-7-20(13-19)25(28)29/h5-11,13-16H,12H2,1-4H3,(H,23,26)(H,24,27). The van der Waals surface area contributed by atoms with E-state index in [1.165, 1.54) is 29.8 Å². The first-order chi connectivity index (χ1) is 13.7. The molecule has 0 saturated carbocycles. The quantitative estimate of drug-likeness (QED) is 0.523. The van der Waals surface area contributed by atoms with E-state index >= 15 is 0 Å².